The van der Waals surface area contributed by atoms with Gasteiger partial charge < -0.3 is 109 Å². The minimum atomic E-state index is -1.37. The van der Waals surface area contributed by atoms with E-state index in [1.807, 2.05) is 0 Å². The number of nitrogens with zero attached hydrogens (tertiary/aromatic N) is 3. The number of rotatable bonds is 45. The molecular weight excluding hydrogens is 1120 g/mol. The number of amides is 10. The summed E-state index contributed by atoms with van der Waals surface area (Å²) in [5.74, 6) is -7.17. The molecule has 2 heterocycles. The highest BCUT2D eigenvalue weighted by atomic mass is 16.2. The van der Waals surface area contributed by atoms with Crippen molar-refractivity contribution in [2.45, 2.75) is 177 Å². The van der Waals surface area contributed by atoms with Crippen LogP contribution in [0.15, 0.2) is 29.3 Å². The molecule has 0 aromatic carbocycles. The Labute approximate surface area is 503 Å². The number of hydrogen-bond acceptors (Lipinski definition) is 19. The van der Waals surface area contributed by atoms with Gasteiger partial charge in [0.15, 0.2) is 5.96 Å². The van der Waals surface area contributed by atoms with Crippen molar-refractivity contribution in [3.63, 3.8) is 0 Å². The molecule has 1 fully saturated rings. The number of guanidine groups is 1. The number of carbonyl (C=O) groups excluding carboxylic acids is 10. The molecular formula is C54H100N22O10. The molecule has 1 saturated heterocycles. The summed E-state index contributed by atoms with van der Waals surface area (Å²) in [7, 11) is 0. The molecule has 1 aliphatic rings. The van der Waals surface area contributed by atoms with Crippen molar-refractivity contribution in [3.05, 3.63) is 30.0 Å². The average Bonchev–Trinajstić information content (AvgIpc) is 2.72. The number of likely N-dealkylation sites (tertiary alicyclic amines) is 1. The predicted molar refractivity (Wildman–Crippen MR) is 323 cm³/mol. The summed E-state index contributed by atoms with van der Waals surface area (Å²) in [5, 5.41) is 23.9. The van der Waals surface area contributed by atoms with Crippen molar-refractivity contribution in [3.8, 4) is 0 Å². The van der Waals surface area contributed by atoms with Gasteiger partial charge in [0.05, 0.1) is 18.9 Å². The van der Waals surface area contributed by atoms with E-state index in [-0.39, 0.29) is 95.7 Å². The van der Waals surface area contributed by atoms with Gasteiger partial charge in [0, 0.05) is 37.9 Å². The number of carbonyl (C=O) groups is 10. The second kappa shape index (κ2) is 43.3. The molecule has 86 heavy (non-hydrogen) atoms. The summed E-state index contributed by atoms with van der Waals surface area (Å²) in [6, 6.07) is -9.15. The number of aromatic amines is 1. The lowest BCUT2D eigenvalue weighted by atomic mass is 10.0. The van der Waals surface area contributed by atoms with Gasteiger partial charge in [-0.1, -0.05) is 18.9 Å². The van der Waals surface area contributed by atoms with Crippen LogP contribution in [-0.2, 0) is 54.4 Å². The van der Waals surface area contributed by atoms with Crippen molar-refractivity contribution in [2.24, 2.45) is 56.6 Å². The summed E-state index contributed by atoms with van der Waals surface area (Å²) >= 11 is 0. The molecule has 0 bridgehead atoms. The third-order valence-electron chi connectivity index (χ3n) is 14.0. The van der Waals surface area contributed by atoms with E-state index in [0.29, 0.717) is 89.7 Å². The van der Waals surface area contributed by atoms with Crippen LogP contribution in [0.2, 0.25) is 0 Å². The molecule has 0 radical (unpaired) electrons. The standard InChI is InChI=1S/C54H100N22O10/c1-34(69-48(81)40(20-26-60)71-46(79)36(61)14-3-7-22-56)45(78)67-32-44(77)70-41(17-11-25-59)53(86)76-29-13-19-43(76)52(85)75-42(30-35-31-64-33-68-35)51(84)74-38(16-5-9-24-58)49(82)73-39(18-12-28-66-54(62)63)50(83)72-37(15-4-8-23-57)47(80)65-27-10-2-6-21-55/h18,31,33-34,36-38,40-43H,2-17,19-30,32,55-61H2,1H3,(H,64,68)(H,65,80)(H,67,78)(H,69,81)(H,70,77)(H,71,79)(H,72,83)(H,73,82)(H,74,84)(H,75,85)(H4,62,63,66)/b39-18-/t34-,36-,37-,38-,40-,41+,42-,43-/m0/s1. The van der Waals surface area contributed by atoms with Gasteiger partial charge in [-0.05, 0) is 149 Å². The Kier molecular flexibility index (Phi) is 37.6. The Balaban J connectivity index is 2.32. The van der Waals surface area contributed by atoms with E-state index in [4.69, 9.17) is 51.6 Å². The van der Waals surface area contributed by atoms with E-state index in [2.05, 4.69) is 62.8 Å². The van der Waals surface area contributed by atoms with Gasteiger partial charge in [-0.25, -0.2) is 4.98 Å². The Morgan fingerprint density at radius 3 is 1.84 bits per heavy atom. The number of imidazole rings is 1. The molecule has 2 rings (SSSR count). The van der Waals surface area contributed by atoms with Gasteiger partial charge in [0.1, 0.15) is 48.0 Å². The SMILES string of the molecule is C[C@H](NC(=O)[C@H](CCN)NC(=O)[C@@H](N)CCCCN)C(=O)NCC(=O)N[C@H](CCCN)C(=O)N1CCC[C@H]1C(=O)N[C@@H](Cc1cnc[nH]1)C(=O)N[C@@H](CCCCN)C(=O)N/C(=C\CCN=C(N)N)C(=O)N[C@@H](CCCCN)C(=O)NCCCCCN. The summed E-state index contributed by atoms with van der Waals surface area (Å²) < 4.78 is 0. The van der Waals surface area contributed by atoms with Crippen LogP contribution < -0.4 is 99.5 Å². The minimum absolute atomic E-state index is 0.0346. The van der Waals surface area contributed by atoms with E-state index >= 15 is 0 Å². The minimum Gasteiger partial charge on any atom is -0.370 e. The van der Waals surface area contributed by atoms with E-state index in [0.717, 1.165) is 12.8 Å². The molecule has 1 aliphatic heterocycles. The molecule has 1 aromatic rings. The Bertz CT molecular complexity index is 2320. The van der Waals surface area contributed by atoms with E-state index in [1.54, 1.807) is 0 Å². The summed E-state index contributed by atoms with van der Waals surface area (Å²) in [6.07, 6.45) is 11.2. The predicted octanol–water partition coefficient (Wildman–Crippen LogP) is -6.30. The van der Waals surface area contributed by atoms with Crippen molar-refractivity contribution < 1.29 is 47.9 Å². The topological polar surface area (TPSA) is 557 Å². The highest BCUT2D eigenvalue weighted by Crippen LogP contribution is 2.21. The molecule has 0 unspecified atom stereocenters. The van der Waals surface area contributed by atoms with Crippen LogP contribution in [-0.4, -0.2) is 194 Å². The molecule has 0 aliphatic carbocycles. The van der Waals surface area contributed by atoms with Crippen LogP contribution >= 0.6 is 0 Å². The fourth-order valence-corrected chi connectivity index (χ4v) is 9.11. The second-order valence-electron chi connectivity index (χ2n) is 21.1. The smallest absolute Gasteiger partial charge is 0.268 e. The lowest BCUT2D eigenvalue weighted by Crippen LogP contribution is -2.59. The van der Waals surface area contributed by atoms with Crippen molar-refractivity contribution >= 4 is 65.0 Å². The lowest BCUT2D eigenvalue weighted by Gasteiger charge is -2.30. The first-order chi connectivity index (χ1) is 41.2. The van der Waals surface area contributed by atoms with Crippen LogP contribution in [0, 0.1) is 0 Å². The molecule has 28 N–H and O–H groups in total. The van der Waals surface area contributed by atoms with E-state index in [9.17, 15) is 47.9 Å². The van der Waals surface area contributed by atoms with Gasteiger partial charge >= 0.3 is 0 Å². The average molecular weight is 1220 g/mol. The number of H-pyrrole nitrogens is 1. The highest BCUT2D eigenvalue weighted by molar-refractivity contribution is 6.02. The van der Waals surface area contributed by atoms with Crippen LogP contribution in [0.5, 0.6) is 0 Å². The van der Waals surface area contributed by atoms with Crippen LogP contribution in [0.1, 0.15) is 128 Å². The maximum Gasteiger partial charge on any atom is 0.268 e. The molecule has 1 aromatic heterocycles. The number of hydrogen-bond donors (Lipinski definition) is 19. The first-order valence-corrected chi connectivity index (χ1v) is 29.9. The number of nitrogens with one attached hydrogen (secondary N) is 10. The molecule has 32 heteroatoms. The zero-order chi connectivity index (χ0) is 63.8. The molecule has 486 valence electrons. The molecule has 0 spiro atoms. The molecule has 10 amide bonds. The first-order valence-electron chi connectivity index (χ1n) is 29.9. The zero-order valence-corrected chi connectivity index (χ0v) is 50.0. The number of aromatic nitrogens is 2. The fourth-order valence-electron chi connectivity index (χ4n) is 9.11. The van der Waals surface area contributed by atoms with Gasteiger partial charge in [0.25, 0.3) is 5.91 Å². The van der Waals surface area contributed by atoms with Crippen molar-refractivity contribution in [1.82, 2.24) is 62.7 Å². The van der Waals surface area contributed by atoms with Gasteiger partial charge in [0.2, 0.25) is 53.2 Å². The van der Waals surface area contributed by atoms with Crippen molar-refractivity contribution in [1.29, 1.82) is 0 Å². The van der Waals surface area contributed by atoms with Crippen LogP contribution in [0.3, 0.4) is 0 Å². The summed E-state index contributed by atoms with van der Waals surface area (Å²) in [6.45, 7) is 3.02. The highest BCUT2D eigenvalue weighted by Gasteiger charge is 2.40. The number of aliphatic imine (C=N–C) groups is 1. The normalized spacial score (nSPS) is 15.5. The van der Waals surface area contributed by atoms with E-state index in [1.165, 1.54) is 30.4 Å². The second-order valence-corrected chi connectivity index (χ2v) is 21.1. The number of nitrogens with two attached hydrogens (primary N) is 9. The fraction of sp³-hybridized carbons (Fsp3) is 0.704. The summed E-state index contributed by atoms with van der Waals surface area (Å²) in [4.78, 5) is 150. The van der Waals surface area contributed by atoms with E-state index < -0.39 is 114 Å². The maximum absolute atomic E-state index is 14.5. The molecule has 8 atom stereocenters. The molecule has 32 nitrogen and oxygen atoms in total. The Morgan fingerprint density at radius 2 is 1.22 bits per heavy atom. The van der Waals surface area contributed by atoms with Gasteiger partial charge in [-0.15, -0.1) is 0 Å². The third kappa shape index (κ3) is 29.2. The lowest BCUT2D eigenvalue weighted by molar-refractivity contribution is -0.142. The summed E-state index contributed by atoms with van der Waals surface area (Å²) in [5.41, 5.74) is 51.4. The number of unbranched alkanes of at least 4 members (excludes halogenated alkanes) is 5. The Hall–Kier alpha value is -7.36. The van der Waals surface area contributed by atoms with Crippen LogP contribution in [0.25, 0.3) is 0 Å². The monoisotopic (exact) mass is 1220 g/mol. The van der Waals surface area contributed by atoms with Gasteiger partial charge in [-0.2, -0.15) is 0 Å². The first kappa shape index (κ1) is 74.7. The quantitative estimate of drug-likeness (QED) is 0.0125. The van der Waals surface area contributed by atoms with Gasteiger partial charge in [-0.3, -0.25) is 52.9 Å². The molecule has 0 saturated carbocycles. The Morgan fingerprint density at radius 1 is 0.628 bits per heavy atom. The maximum atomic E-state index is 14.5. The third-order valence-corrected chi connectivity index (χ3v) is 14.0. The van der Waals surface area contributed by atoms with Crippen molar-refractivity contribution in [2.75, 3.05) is 65.4 Å². The zero-order valence-electron chi connectivity index (χ0n) is 50.0. The largest absolute Gasteiger partial charge is 0.370 e. The van der Waals surface area contributed by atoms with Crippen LogP contribution in [0.4, 0.5) is 0 Å².